The lowest BCUT2D eigenvalue weighted by Crippen LogP contribution is -2.38. The van der Waals surface area contributed by atoms with Crippen LogP contribution < -0.4 is 16.4 Å². The predicted molar refractivity (Wildman–Crippen MR) is 149 cm³/mol. The zero-order chi connectivity index (χ0) is 25.8. The summed E-state index contributed by atoms with van der Waals surface area (Å²) in [6.45, 7) is 3.14. The zero-order valence-electron chi connectivity index (χ0n) is 20.2. The van der Waals surface area contributed by atoms with Crippen molar-refractivity contribution in [1.29, 1.82) is 0 Å². The van der Waals surface area contributed by atoms with Crippen molar-refractivity contribution in [3.05, 3.63) is 94.2 Å². The highest BCUT2D eigenvalue weighted by molar-refractivity contribution is 9.10. The Kier molecular flexibility index (Phi) is 7.43. The Labute approximate surface area is 223 Å². The summed E-state index contributed by atoms with van der Waals surface area (Å²) in [6, 6.07) is 20.3. The van der Waals surface area contributed by atoms with E-state index in [9.17, 15) is 9.59 Å². The highest BCUT2D eigenvalue weighted by atomic mass is 79.9. The molecule has 37 heavy (non-hydrogen) atoms. The van der Waals surface area contributed by atoms with Gasteiger partial charge in [-0.15, -0.1) is 0 Å². The summed E-state index contributed by atoms with van der Waals surface area (Å²) in [6.07, 6.45) is 3.51. The molecule has 1 atom stereocenters. The number of hydrogen-bond donors (Lipinski definition) is 3. The molecule has 2 heterocycles. The molecule has 0 spiro atoms. The molecule has 1 aliphatic heterocycles. The fourth-order valence-electron chi connectivity index (χ4n) is 4.44. The van der Waals surface area contributed by atoms with Gasteiger partial charge in [-0.2, -0.15) is 0 Å². The Morgan fingerprint density at radius 1 is 1.03 bits per heavy atom. The number of rotatable bonds is 9. The van der Waals surface area contributed by atoms with Gasteiger partial charge in [0.1, 0.15) is 12.1 Å². The van der Waals surface area contributed by atoms with E-state index in [4.69, 9.17) is 5.73 Å². The lowest BCUT2D eigenvalue weighted by atomic mass is 10.0. The topological polar surface area (TPSA) is 113 Å². The Bertz CT molecular complexity index is 1440. The smallest absolute Gasteiger partial charge is 0.255 e. The van der Waals surface area contributed by atoms with Crippen molar-refractivity contribution >= 4 is 50.2 Å². The maximum Gasteiger partial charge on any atom is 0.255 e. The van der Waals surface area contributed by atoms with Crippen LogP contribution in [0.15, 0.2) is 77.5 Å². The fraction of sp³-hybridized carbons (Fsp3) is 0.214. The van der Waals surface area contributed by atoms with Crippen molar-refractivity contribution < 1.29 is 9.59 Å². The quantitative estimate of drug-likeness (QED) is 0.266. The number of carbonyl (C=O) groups excluding carboxylic acids is 2. The van der Waals surface area contributed by atoms with Crippen molar-refractivity contribution in [2.75, 3.05) is 30.3 Å². The van der Waals surface area contributed by atoms with Gasteiger partial charge in [-0.1, -0.05) is 34.1 Å². The molecule has 1 fully saturated rings. The molecule has 1 aromatic heterocycles. The number of aromatic nitrogens is 2. The molecule has 5 rings (SSSR count). The van der Waals surface area contributed by atoms with E-state index in [0.717, 1.165) is 41.5 Å². The van der Waals surface area contributed by atoms with Crippen LogP contribution in [0.25, 0.3) is 10.9 Å². The number of halogens is 1. The van der Waals surface area contributed by atoms with Gasteiger partial charge in [0.05, 0.1) is 17.1 Å². The predicted octanol–water partition coefficient (Wildman–Crippen LogP) is 4.99. The summed E-state index contributed by atoms with van der Waals surface area (Å²) >= 11 is 3.40. The molecule has 0 bridgehead atoms. The first-order valence-corrected chi connectivity index (χ1v) is 13.0. The highest BCUT2D eigenvalue weighted by Crippen LogP contribution is 2.29. The number of hydrogen-bond acceptors (Lipinski definition) is 6. The second-order valence-corrected chi connectivity index (χ2v) is 9.97. The minimum atomic E-state index is -0.529. The number of amides is 2. The molecule has 188 valence electrons. The van der Waals surface area contributed by atoms with E-state index in [1.54, 1.807) is 24.3 Å². The third-order valence-electron chi connectivity index (χ3n) is 6.58. The number of anilines is 2. The molecule has 3 aromatic carbocycles. The normalized spacial score (nSPS) is 14.1. The van der Waals surface area contributed by atoms with Crippen LogP contribution in [0.3, 0.4) is 0 Å². The first kappa shape index (κ1) is 24.9. The molecule has 2 amide bonds. The molecular formula is C28H27BrN6O2. The van der Waals surface area contributed by atoms with Crippen LogP contribution >= 0.6 is 15.9 Å². The Hall–Kier alpha value is -3.82. The molecule has 1 saturated heterocycles. The van der Waals surface area contributed by atoms with E-state index < -0.39 is 5.91 Å². The second-order valence-electron chi connectivity index (χ2n) is 9.06. The van der Waals surface area contributed by atoms with Crippen LogP contribution in [-0.4, -0.2) is 46.3 Å². The van der Waals surface area contributed by atoms with E-state index in [0.29, 0.717) is 28.1 Å². The van der Waals surface area contributed by atoms with E-state index in [-0.39, 0.29) is 11.9 Å². The molecule has 0 aliphatic carbocycles. The molecule has 8 nitrogen and oxygen atoms in total. The van der Waals surface area contributed by atoms with Gasteiger partial charge in [0, 0.05) is 27.7 Å². The molecule has 0 radical (unpaired) electrons. The van der Waals surface area contributed by atoms with Gasteiger partial charge in [-0.3, -0.25) is 9.59 Å². The van der Waals surface area contributed by atoms with Gasteiger partial charge in [0.2, 0.25) is 0 Å². The average molecular weight is 559 g/mol. The SMILES string of the molecule is NC(=O)c1cccc2c(NC(CCN3CCC3)c3cccc(NC(=O)c4ccc(Br)cc4)c3)ncnc12. The van der Waals surface area contributed by atoms with Crippen LogP contribution in [-0.2, 0) is 0 Å². The van der Waals surface area contributed by atoms with E-state index in [2.05, 4.69) is 41.4 Å². The summed E-state index contributed by atoms with van der Waals surface area (Å²) in [5, 5.41) is 7.31. The molecule has 9 heteroatoms. The third-order valence-corrected chi connectivity index (χ3v) is 7.11. The number of carbonyl (C=O) groups is 2. The maximum absolute atomic E-state index is 12.8. The summed E-state index contributed by atoms with van der Waals surface area (Å²) in [4.78, 5) is 35.9. The maximum atomic E-state index is 12.8. The van der Waals surface area contributed by atoms with E-state index in [1.165, 1.54) is 12.7 Å². The third kappa shape index (κ3) is 5.79. The molecule has 4 N–H and O–H groups in total. The number of nitrogens with two attached hydrogens (primary N) is 1. The van der Waals surface area contributed by atoms with Crippen LogP contribution in [0.2, 0.25) is 0 Å². The van der Waals surface area contributed by atoms with Gasteiger partial charge in [0.15, 0.2) is 0 Å². The fourth-order valence-corrected chi connectivity index (χ4v) is 4.71. The van der Waals surface area contributed by atoms with Crippen LogP contribution in [0.4, 0.5) is 11.5 Å². The van der Waals surface area contributed by atoms with Gasteiger partial charge in [-0.05, 0) is 80.0 Å². The summed E-state index contributed by atoms with van der Waals surface area (Å²) in [5.41, 5.74) is 8.76. The van der Waals surface area contributed by atoms with Crippen molar-refractivity contribution in [2.45, 2.75) is 18.9 Å². The van der Waals surface area contributed by atoms with E-state index >= 15 is 0 Å². The van der Waals surface area contributed by atoms with Crippen molar-refractivity contribution in [1.82, 2.24) is 14.9 Å². The first-order chi connectivity index (χ1) is 18.0. The standard InChI is InChI=1S/C28H27BrN6O2/c29-20-10-8-18(9-11-20)28(37)33-21-5-1-4-19(16-21)24(12-15-35-13-3-14-35)34-27-23-7-2-6-22(26(30)36)25(23)31-17-32-27/h1-2,4-11,16-17,24H,3,12-15H2,(H2,30,36)(H,33,37)(H,31,32,34). The number of primary amides is 1. The molecule has 4 aromatic rings. The number of likely N-dealkylation sites (tertiary alicyclic amines) is 1. The Morgan fingerprint density at radius 3 is 2.54 bits per heavy atom. The molecule has 0 saturated carbocycles. The number of fused-ring (bicyclic) bond motifs is 1. The first-order valence-electron chi connectivity index (χ1n) is 12.2. The zero-order valence-corrected chi connectivity index (χ0v) is 21.7. The summed E-state index contributed by atoms with van der Waals surface area (Å²) < 4.78 is 0.919. The Morgan fingerprint density at radius 2 is 1.81 bits per heavy atom. The molecule has 1 unspecified atom stereocenters. The summed E-state index contributed by atoms with van der Waals surface area (Å²) in [5.74, 6) is -0.0691. The monoisotopic (exact) mass is 558 g/mol. The van der Waals surface area contributed by atoms with Crippen molar-refractivity contribution in [2.24, 2.45) is 5.73 Å². The number of nitrogens with one attached hydrogen (secondary N) is 2. The second kappa shape index (κ2) is 11.1. The van der Waals surface area contributed by atoms with Crippen molar-refractivity contribution in [3.8, 4) is 0 Å². The lowest BCUT2D eigenvalue weighted by molar-refractivity contribution is 0.0998. The minimum absolute atomic E-state index is 0.0829. The van der Waals surface area contributed by atoms with Gasteiger partial charge >= 0.3 is 0 Å². The molecule has 1 aliphatic rings. The number of para-hydroxylation sites is 1. The van der Waals surface area contributed by atoms with Gasteiger partial charge < -0.3 is 21.3 Å². The number of nitrogens with zero attached hydrogens (tertiary/aromatic N) is 3. The highest BCUT2D eigenvalue weighted by Gasteiger charge is 2.20. The van der Waals surface area contributed by atoms with Crippen molar-refractivity contribution in [3.63, 3.8) is 0 Å². The van der Waals surface area contributed by atoms with Gasteiger partial charge in [-0.25, -0.2) is 9.97 Å². The molecular weight excluding hydrogens is 532 g/mol. The van der Waals surface area contributed by atoms with Gasteiger partial charge in [0.25, 0.3) is 11.8 Å². The van der Waals surface area contributed by atoms with Crippen LogP contribution in [0.1, 0.15) is 45.2 Å². The van der Waals surface area contributed by atoms with Crippen LogP contribution in [0, 0.1) is 0 Å². The lowest BCUT2D eigenvalue weighted by Gasteiger charge is -2.32. The summed E-state index contributed by atoms with van der Waals surface area (Å²) in [7, 11) is 0. The Balaban J connectivity index is 1.42. The van der Waals surface area contributed by atoms with E-state index in [1.807, 2.05) is 42.5 Å². The van der Waals surface area contributed by atoms with Crippen LogP contribution in [0.5, 0.6) is 0 Å². The minimum Gasteiger partial charge on any atom is -0.366 e. The largest absolute Gasteiger partial charge is 0.366 e. The number of benzene rings is 3. The average Bonchev–Trinajstić information content (AvgIpc) is 2.87.